The summed E-state index contributed by atoms with van der Waals surface area (Å²) in [5.41, 5.74) is 1.12. The standard InChI is InChI=1S/C25H36N4O3/c1-5-29(6-2)23(31)20-16-26-24(27-17-20)25(21-9-8-10-22(30)15-21)11-13-28(14-12-25)18-19(4)32-7-3/h8-10,15-17,19,30H,5-7,11-14,18H2,1-4H3. The molecule has 1 N–H and O–H groups in total. The summed E-state index contributed by atoms with van der Waals surface area (Å²) in [5, 5.41) is 10.1. The highest BCUT2D eigenvalue weighted by Gasteiger charge is 2.41. The molecule has 1 aromatic carbocycles. The van der Waals surface area contributed by atoms with Gasteiger partial charge in [0.1, 0.15) is 11.6 Å². The second-order valence-corrected chi connectivity index (χ2v) is 8.47. The van der Waals surface area contributed by atoms with Crippen molar-refractivity contribution in [3.05, 3.63) is 53.6 Å². The van der Waals surface area contributed by atoms with Crippen molar-refractivity contribution in [2.45, 2.75) is 52.1 Å². The van der Waals surface area contributed by atoms with Gasteiger partial charge in [0.25, 0.3) is 5.91 Å². The first-order valence-electron chi connectivity index (χ1n) is 11.7. The molecule has 1 aliphatic rings. The van der Waals surface area contributed by atoms with Crippen molar-refractivity contribution in [3.8, 4) is 5.75 Å². The van der Waals surface area contributed by atoms with Gasteiger partial charge in [-0.15, -0.1) is 0 Å². The molecule has 0 saturated carbocycles. The molecular formula is C25H36N4O3. The highest BCUT2D eigenvalue weighted by molar-refractivity contribution is 5.93. The lowest BCUT2D eigenvalue weighted by atomic mass is 9.71. The third-order valence-corrected chi connectivity index (χ3v) is 6.45. The van der Waals surface area contributed by atoms with Crippen molar-refractivity contribution in [1.29, 1.82) is 0 Å². The van der Waals surface area contributed by atoms with Crippen LogP contribution in [-0.4, -0.2) is 76.2 Å². The number of likely N-dealkylation sites (tertiary alicyclic amines) is 1. The molecule has 0 aliphatic carbocycles. The third kappa shape index (κ3) is 5.27. The highest BCUT2D eigenvalue weighted by Crippen LogP contribution is 2.41. The first-order valence-corrected chi connectivity index (χ1v) is 11.7. The molecule has 174 valence electrons. The van der Waals surface area contributed by atoms with E-state index in [1.165, 1.54) is 0 Å². The number of phenols is 1. The van der Waals surface area contributed by atoms with Gasteiger partial charge in [-0.3, -0.25) is 4.79 Å². The molecule has 1 fully saturated rings. The maximum Gasteiger partial charge on any atom is 0.256 e. The zero-order chi connectivity index (χ0) is 23.1. The van der Waals surface area contributed by atoms with E-state index in [1.54, 1.807) is 23.4 Å². The predicted molar refractivity (Wildman–Crippen MR) is 125 cm³/mol. The normalized spacial score (nSPS) is 17.1. The summed E-state index contributed by atoms with van der Waals surface area (Å²) in [6, 6.07) is 7.41. The van der Waals surface area contributed by atoms with Crippen LogP contribution >= 0.6 is 0 Å². The van der Waals surface area contributed by atoms with Gasteiger partial charge >= 0.3 is 0 Å². The Bertz CT molecular complexity index is 875. The number of carbonyl (C=O) groups is 1. The Morgan fingerprint density at radius 2 is 1.84 bits per heavy atom. The number of benzene rings is 1. The Kier molecular flexibility index (Phi) is 8.21. The summed E-state index contributed by atoms with van der Waals surface area (Å²) >= 11 is 0. The Morgan fingerprint density at radius 1 is 1.19 bits per heavy atom. The molecule has 0 radical (unpaired) electrons. The molecule has 1 aromatic heterocycles. The molecule has 2 heterocycles. The molecule has 7 heteroatoms. The molecule has 7 nitrogen and oxygen atoms in total. The fourth-order valence-corrected chi connectivity index (χ4v) is 4.64. The van der Waals surface area contributed by atoms with E-state index in [0.717, 1.165) is 38.0 Å². The van der Waals surface area contributed by atoms with E-state index in [2.05, 4.69) is 21.8 Å². The zero-order valence-electron chi connectivity index (χ0n) is 19.8. The summed E-state index contributed by atoms with van der Waals surface area (Å²) in [5.74, 6) is 0.895. The molecule has 0 bridgehead atoms. The summed E-state index contributed by atoms with van der Waals surface area (Å²) in [6.45, 7) is 12.7. The number of nitrogens with zero attached hydrogens (tertiary/aromatic N) is 4. The van der Waals surface area contributed by atoms with Crippen LogP contribution in [0, 0.1) is 0 Å². The van der Waals surface area contributed by atoms with E-state index < -0.39 is 5.41 Å². The Balaban J connectivity index is 1.87. The van der Waals surface area contributed by atoms with Crippen molar-refractivity contribution in [1.82, 2.24) is 19.8 Å². The first kappa shape index (κ1) is 24.1. The average molecular weight is 441 g/mol. The molecule has 32 heavy (non-hydrogen) atoms. The summed E-state index contributed by atoms with van der Waals surface area (Å²) in [6.07, 6.45) is 5.15. The molecular weight excluding hydrogens is 404 g/mol. The fraction of sp³-hybridized carbons (Fsp3) is 0.560. The predicted octanol–water partition coefficient (Wildman–Crippen LogP) is 3.47. The Morgan fingerprint density at radius 3 is 2.41 bits per heavy atom. The molecule has 1 atom stereocenters. The second-order valence-electron chi connectivity index (χ2n) is 8.47. The monoisotopic (exact) mass is 440 g/mol. The molecule has 1 amide bonds. The van der Waals surface area contributed by atoms with Crippen molar-refractivity contribution in [2.24, 2.45) is 0 Å². The first-order chi connectivity index (χ1) is 15.4. The van der Waals surface area contributed by atoms with E-state index >= 15 is 0 Å². The van der Waals surface area contributed by atoms with E-state index in [-0.39, 0.29) is 17.8 Å². The van der Waals surface area contributed by atoms with Crippen LogP contribution in [0.4, 0.5) is 0 Å². The van der Waals surface area contributed by atoms with Gasteiger partial charge in [0.05, 0.1) is 17.1 Å². The third-order valence-electron chi connectivity index (χ3n) is 6.45. The van der Waals surface area contributed by atoms with Gasteiger partial charge in [-0.25, -0.2) is 9.97 Å². The van der Waals surface area contributed by atoms with Gasteiger partial charge < -0.3 is 19.6 Å². The minimum absolute atomic E-state index is 0.0484. The maximum absolute atomic E-state index is 12.7. The van der Waals surface area contributed by atoms with Gasteiger partial charge in [-0.1, -0.05) is 12.1 Å². The van der Waals surface area contributed by atoms with Crippen LogP contribution in [0.2, 0.25) is 0 Å². The summed E-state index contributed by atoms with van der Waals surface area (Å²) in [7, 11) is 0. The number of phenolic OH excluding ortho intramolecular Hbond substituents is 1. The van der Waals surface area contributed by atoms with E-state index in [1.807, 2.05) is 39.0 Å². The van der Waals surface area contributed by atoms with Gasteiger partial charge in [0.2, 0.25) is 0 Å². The lowest BCUT2D eigenvalue weighted by molar-refractivity contribution is 0.0348. The molecule has 1 aliphatic heterocycles. The lowest BCUT2D eigenvalue weighted by Gasteiger charge is -2.41. The van der Waals surface area contributed by atoms with Crippen LogP contribution in [0.5, 0.6) is 5.75 Å². The molecule has 2 aromatic rings. The van der Waals surface area contributed by atoms with Gasteiger partial charge in [-0.2, -0.15) is 0 Å². The largest absolute Gasteiger partial charge is 0.508 e. The minimum Gasteiger partial charge on any atom is -0.508 e. The van der Waals surface area contributed by atoms with Crippen molar-refractivity contribution >= 4 is 5.91 Å². The van der Waals surface area contributed by atoms with Crippen LogP contribution in [0.3, 0.4) is 0 Å². The SMILES string of the molecule is CCOC(C)CN1CCC(c2cccc(O)c2)(c2ncc(C(=O)N(CC)CC)cn2)CC1. The van der Waals surface area contributed by atoms with Gasteiger partial charge in [0, 0.05) is 38.6 Å². The van der Waals surface area contributed by atoms with Gasteiger partial charge in [-0.05, 0) is 71.3 Å². The van der Waals surface area contributed by atoms with Crippen molar-refractivity contribution in [3.63, 3.8) is 0 Å². The number of hydrogen-bond donors (Lipinski definition) is 1. The molecule has 3 rings (SSSR count). The number of ether oxygens (including phenoxy) is 1. The van der Waals surface area contributed by atoms with Crippen molar-refractivity contribution < 1.29 is 14.6 Å². The number of aromatic nitrogens is 2. The van der Waals surface area contributed by atoms with Crippen LogP contribution in [0.1, 0.15) is 62.3 Å². The second kappa shape index (κ2) is 10.9. The Labute approximate surface area is 191 Å². The van der Waals surface area contributed by atoms with Crippen LogP contribution in [0.15, 0.2) is 36.7 Å². The summed E-state index contributed by atoms with van der Waals surface area (Å²) < 4.78 is 5.72. The average Bonchev–Trinajstić information content (AvgIpc) is 2.81. The molecule has 1 unspecified atom stereocenters. The number of amides is 1. The number of carbonyl (C=O) groups excluding carboxylic acids is 1. The van der Waals surface area contributed by atoms with Crippen molar-refractivity contribution in [2.75, 3.05) is 39.3 Å². The maximum atomic E-state index is 12.7. The van der Waals surface area contributed by atoms with E-state index in [0.29, 0.717) is 31.1 Å². The highest BCUT2D eigenvalue weighted by atomic mass is 16.5. The van der Waals surface area contributed by atoms with Crippen LogP contribution in [-0.2, 0) is 10.2 Å². The molecule has 1 saturated heterocycles. The number of piperidine rings is 1. The smallest absolute Gasteiger partial charge is 0.256 e. The number of rotatable bonds is 9. The molecule has 0 spiro atoms. The lowest BCUT2D eigenvalue weighted by Crippen LogP contribution is -2.46. The van der Waals surface area contributed by atoms with Gasteiger partial charge in [0.15, 0.2) is 0 Å². The zero-order valence-corrected chi connectivity index (χ0v) is 19.8. The quantitative estimate of drug-likeness (QED) is 0.643. The van der Waals surface area contributed by atoms with E-state index in [4.69, 9.17) is 4.74 Å². The minimum atomic E-state index is -0.402. The van der Waals surface area contributed by atoms with Crippen LogP contribution < -0.4 is 0 Å². The van der Waals surface area contributed by atoms with Crippen LogP contribution in [0.25, 0.3) is 0 Å². The van der Waals surface area contributed by atoms with E-state index in [9.17, 15) is 9.90 Å². The fourth-order valence-electron chi connectivity index (χ4n) is 4.64. The summed E-state index contributed by atoms with van der Waals surface area (Å²) in [4.78, 5) is 26.2. The number of aromatic hydroxyl groups is 1. The Hall–Kier alpha value is -2.51. The topological polar surface area (TPSA) is 78.8 Å². The number of hydrogen-bond acceptors (Lipinski definition) is 6.